The summed E-state index contributed by atoms with van der Waals surface area (Å²) in [6, 6.07) is 48.7. The number of carboxylic acid groups (broad SMARTS) is 1. The van der Waals surface area contributed by atoms with E-state index < -0.39 is 53.0 Å². The monoisotopic (exact) mass is 2070 g/mol. The van der Waals surface area contributed by atoms with E-state index >= 15 is 0 Å². The lowest BCUT2D eigenvalue weighted by Gasteiger charge is -2.49. The van der Waals surface area contributed by atoms with Gasteiger partial charge in [0, 0.05) is 127 Å². The molecule has 0 saturated carbocycles. The molecule has 15 aromatic rings. The predicted octanol–water partition coefficient (Wildman–Crippen LogP) is 26.0. The van der Waals surface area contributed by atoms with Gasteiger partial charge in [0.15, 0.2) is 18.3 Å². The van der Waals surface area contributed by atoms with Crippen molar-refractivity contribution in [3.05, 3.63) is 217 Å². The van der Waals surface area contributed by atoms with Gasteiger partial charge >= 0.3 is 17.9 Å². The van der Waals surface area contributed by atoms with Crippen molar-refractivity contribution < 1.29 is 57.4 Å². The number of carbonyl (C=O) groups is 3. The highest BCUT2D eigenvalue weighted by atomic mass is 35.5. The van der Waals surface area contributed by atoms with Crippen LogP contribution in [0.25, 0.3) is 134 Å². The van der Waals surface area contributed by atoms with Crippen molar-refractivity contribution in [2.75, 3.05) is 92.1 Å². The van der Waals surface area contributed by atoms with Crippen molar-refractivity contribution in [3.8, 4) is 65.1 Å². The molecule has 12 heterocycles. The maximum absolute atomic E-state index is 13.6. The third-order valence-electron chi connectivity index (χ3n) is 29.0. The predicted molar refractivity (Wildman–Crippen MR) is 584 cm³/mol. The van der Waals surface area contributed by atoms with Crippen LogP contribution in [0, 0.1) is 20.8 Å². The van der Waals surface area contributed by atoms with Gasteiger partial charge in [0.2, 0.25) is 0 Å². The molecule has 760 valence electrons. The number of halogens is 3. The first-order valence-electron chi connectivity index (χ1n) is 50.3. The van der Waals surface area contributed by atoms with Gasteiger partial charge in [-0.25, -0.2) is 29.3 Å². The van der Waals surface area contributed by atoms with Gasteiger partial charge in [-0.15, -0.1) is 34.0 Å². The van der Waals surface area contributed by atoms with E-state index in [1.807, 2.05) is 211 Å². The van der Waals surface area contributed by atoms with Crippen LogP contribution >= 0.6 is 68.8 Å². The second kappa shape index (κ2) is 41.0. The number of carboxylic acids is 1. The number of aryl methyl sites for hydroxylation is 6. The zero-order valence-corrected chi connectivity index (χ0v) is 91.1. The number of hydrogen-bond donors (Lipinski definition) is 1. The van der Waals surface area contributed by atoms with Gasteiger partial charge in [0.25, 0.3) is 0 Å². The largest absolute Gasteiger partial charge is 0.479 e. The van der Waals surface area contributed by atoms with Gasteiger partial charge in [-0.3, -0.25) is 28.7 Å². The summed E-state index contributed by atoms with van der Waals surface area (Å²) in [5, 5.41) is 33.6. The molecule has 6 aliphatic rings. The highest BCUT2D eigenvalue weighted by Crippen LogP contribution is 2.52. The summed E-state index contributed by atoms with van der Waals surface area (Å²) in [6.07, 6.45) is 4.59. The minimum Gasteiger partial charge on any atom is -0.479 e. The zero-order chi connectivity index (χ0) is 103. The number of carbonyl (C=O) groups excluding carboxylic acids is 2. The summed E-state index contributed by atoms with van der Waals surface area (Å²) in [5.74, 6) is -1.06. The van der Waals surface area contributed by atoms with Crippen LogP contribution in [-0.4, -0.2) is 208 Å². The lowest BCUT2D eigenvalue weighted by atomic mass is 9.87. The fourth-order valence-electron chi connectivity index (χ4n) is 21.5. The number of fused-ring (bicyclic) bond motifs is 6. The van der Waals surface area contributed by atoms with Crippen LogP contribution < -0.4 is 0 Å². The standard InChI is InChI=1S/C39H45ClN4O4S.C39H43ClN4O4S.C37H41ClN4O4S/c2*1-8-47-37(45)34(48-38(3,4)5)31-23(2)19-29-35(32(31)24-9-12-27(40)13-10-24)49-36(41-29)26-11-14-30-28(20-26)33(42-43(30)7)25-15-17-44(18-16-25)39(6)21-46-22-39;1-21-17-27-33(30(22-7-10-25(38)11-8-22)29(21)32(35(43)44)46-36(2,3)4)47-34(39-27)24-9-12-28-26(18-24)31(40-41(28)6)23-13-15-42(16-14-23)37(5)19-45-20-37/h9-14,19-20,25,34H,8,15-18,21-22H2,1-7H3;9-15,19-20,34H,8,16-18,21-22H2,1-7H3;7-12,17-18,23,32H,13-16,19-20H2,1-6H3,(H,43,44)/t2*34-;32-/m000/s1. The van der Waals surface area contributed by atoms with Gasteiger partial charge in [0.1, 0.15) is 15.0 Å². The van der Waals surface area contributed by atoms with Crippen LogP contribution in [0.15, 0.2) is 152 Å². The van der Waals surface area contributed by atoms with Crippen molar-refractivity contribution in [1.29, 1.82) is 0 Å². The van der Waals surface area contributed by atoms with E-state index in [1.54, 1.807) is 34.0 Å². The van der Waals surface area contributed by atoms with Gasteiger partial charge in [-0.2, -0.15) is 15.3 Å². The summed E-state index contributed by atoms with van der Waals surface area (Å²) in [7, 11) is 6.06. The minimum absolute atomic E-state index is 0.131. The van der Waals surface area contributed by atoms with E-state index in [4.69, 9.17) is 103 Å². The number of esters is 2. The molecule has 0 bridgehead atoms. The van der Waals surface area contributed by atoms with E-state index in [-0.39, 0.29) is 29.8 Å². The molecule has 0 aliphatic carbocycles. The Labute approximate surface area is 874 Å². The molecule has 5 fully saturated rings. The number of rotatable bonds is 23. The smallest absolute Gasteiger partial charge is 0.339 e. The normalized spacial score (nSPS) is 17.7. The lowest BCUT2D eigenvalue weighted by molar-refractivity contribution is -0.167. The molecule has 145 heavy (non-hydrogen) atoms. The molecule has 0 spiro atoms. The molecule has 30 heteroatoms. The van der Waals surface area contributed by atoms with Crippen LogP contribution in [0.4, 0.5) is 0 Å². The van der Waals surface area contributed by atoms with Crippen molar-refractivity contribution in [2.45, 2.75) is 213 Å². The number of thiazole rings is 3. The Hall–Kier alpha value is -10.3. The highest BCUT2D eigenvalue weighted by molar-refractivity contribution is 7.23. The van der Waals surface area contributed by atoms with Crippen molar-refractivity contribution in [1.82, 2.24) is 59.0 Å². The Kier molecular flexibility index (Phi) is 29.2. The maximum atomic E-state index is 13.6. The Morgan fingerprint density at radius 2 is 0.738 bits per heavy atom. The van der Waals surface area contributed by atoms with Crippen LogP contribution in [0.2, 0.25) is 15.1 Å². The highest BCUT2D eigenvalue weighted by Gasteiger charge is 2.46. The average Bonchev–Trinajstić information content (AvgIpc) is 1.64. The van der Waals surface area contributed by atoms with Gasteiger partial charge in [-0.05, 0) is 324 Å². The van der Waals surface area contributed by atoms with Crippen LogP contribution in [0.1, 0.15) is 210 Å². The number of aliphatic carboxylic acids is 1. The minimum atomic E-state index is -1.16. The maximum Gasteiger partial charge on any atom is 0.339 e. The number of likely N-dealkylation sites (tertiary alicyclic amines) is 2. The van der Waals surface area contributed by atoms with E-state index in [0.717, 1.165) is 268 Å². The fourth-order valence-corrected chi connectivity index (χ4v) is 25.2. The Balaban J connectivity index is 0.000000137. The summed E-state index contributed by atoms with van der Waals surface area (Å²) in [5.41, 5.74) is 22.4. The molecule has 9 aromatic carbocycles. The number of ether oxygens (including phenoxy) is 8. The molecule has 0 amide bonds. The molecule has 3 atom stereocenters. The quantitative estimate of drug-likeness (QED) is 0.0585. The van der Waals surface area contributed by atoms with Crippen LogP contribution in [0.5, 0.6) is 0 Å². The van der Waals surface area contributed by atoms with E-state index in [9.17, 15) is 19.5 Å². The molecule has 6 aliphatic heterocycles. The second-order valence-electron chi connectivity index (χ2n) is 43.3. The summed E-state index contributed by atoms with van der Waals surface area (Å²) in [4.78, 5) is 63.1. The lowest BCUT2D eigenvalue weighted by Crippen LogP contribution is -2.61. The SMILES string of the molecule is CCOC(=O)[C@@H](OC(C)(C)C)c1c(C)cc2nc(-c3ccc4c(c3)c(C3=CCN(C5(C)COC5)CC3)nn4C)sc2c1-c1ccc(Cl)cc1.CCOC(=O)[C@@H](OC(C)(C)C)c1c(C)cc2nc(-c3ccc4c(c3)c(C3CCN(C5(C)COC5)CC3)nn4C)sc2c1-c1ccc(Cl)cc1.Cc1cc2nc(-c3ccc4c(c3)c(C3CCN(C5(C)COC5)CC3)nn4C)sc2c(-c2ccc(Cl)cc2)c1[C@H](OC(C)(C)C)C(=O)O. The molecule has 0 unspecified atom stereocenters. The first kappa shape index (κ1) is 103. The van der Waals surface area contributed by atoms with E-state index in [0.29, 0.717) is 32.5 Å². The molecule has 24 nitrogen and oxygen atoms in total. The molecular formula is C115H129Cl3N12O12S3. The first-order chi connectivity index (χ1) is 69.0. The summed E-state index contributed by atoms with van der Waals surface area (Å²) in [6.45, 7) is 45.3. The van der Waals surface area contributed by atoms with Gasteiger partial charge in [-0.1, -0.05) is 77.3 Å². The van der Waals surface area contributed by atoms with E-state index in [2.05, 4.69) is 108 Å². The van der Waals surface area contributed by atoms with Gasteiger partial charge in [0.05, 0.1) is 151 Å². The molecule has 5 saturated heterocycles. The third kappa shape index (κ3) is 21.1. The molecular weight excluding hydrogens is 1940 g/mol. The summed E-state index contributed by atoms with van der Waals surface area (Å²) >= 11 is 23.8. The Bertz CT molecular complexity index is 7480. The number of nitrogens with zero attached hydrogens (tertiary/aromatic N) is 12. The Morgan fingerprint density at radius 1 is 0.428 bits per heavy atom. The van der Waals surface area contributed by atoms with E-state index in [1.165, 1.54) is 22.0 Å². The number of benzene rings is 9. The third-order valence-corrected chi connectivity index (χ3v) is 33.2. The zero-order valence-electron chi connectivity index (χ0n) is 86.4. The van der Waals surface area contributed by atoms with Crippen LogP contribution in [-0.2, 0) is 73.4 Å². The fraction of sp³-hybridized carbons (Fsp3) is 0.435. The summed E-state index contributed by atoms with van der Waals surface area (Å²) < 4.78 is 55.7. The number of piperidine rings is 2. The van der Waals surface area contributed by atoms with Crippen molar-refractivity contribution in [2.24, 2.45) is 21.1 Å². The first-order valence-corrected chi connectivity index (χ1v) is 53.9. The second-order valence-corrected chi connectivity index (χ2v) is 47.7. The Morgan fingerprint density at radius 3 is 1.05 bits per heavy atom. The number of aromatic nitrogens is 9. The molecule has 1 N–H and O–H groups in total. The average molecular weight is 2070 g/mol. The van der Waals surface area contributed by atoms with Crippen LogP contribution in [0.3, 0.4) is 0 Å². The van der Waals surface area contributed by atoms with Crippen molar-refractivity contribution in [3.63, 3.8) is 0 Å². The topological polar surface area (TPSA) is 247 Å². The molecule has 21 rings (SSSR count). The van der Waals surface area contributed by atoms with Gasteiger partial charge < -0.3 is 43.0 Å². The van der Waals surface area contributed by atoms with Crippen molar-refractivity contribution >= 4 is 156 Å². The number of hydrogen-bond acceptors (Lipinski definition) is 23. The molecule has 6 aromatic heterocycles. The molecule has 0 radical (unpaired) electrons.